The van der Waals surface area contributed by atoms with Gasteiger partial charge in [0.15, 0.2) is 5.82 Å². The third-order valence-corrected chi connectivity index (χ3v) is 18.5. The van der Waals surface area contributed by atoms with E-state index in [4.69, 9.17) is 23.2 Å². The molecule has 7 aromatic heterocycles. The molecule has 0 aliphatic carbocycles. The Morgan fingerprint density at radius 1 is 0.216 bits per heavy atom. The second-order valence-electron chi connectivity index (χ2n) is 23.2. The molecule has 0 saturated carbocycles. The molecular weight excluding hydrogens is 1080 g/mol. The van der Waals surface area contributed by atoms with Crippen LogP contribution in [0.3, 0.4) is 0 Å². The molecule has 13 aromatic carbocycles. The van der Waals surface area contributed by atoms with Crippen molar-refractivity contribution in [1.82, 2.24) is 23.7 Å². The molecular formula is C80H45N5O3. The Bertz CT molecular complexity index is 6400. The Hall–Kier alpha value is -12.0. The van der Waals surface area contributed by atoms with E-state index in [-0.39, 0.29) is 0 Å². The zero-order valence-corrected chi connectivity index (χ0v) is 46.9. The molecule has 20 rings (SSSR count). The average Bonchev–Trinajstić information content (AvgIpc) is 1.68. The van der Waals surface area contributed by atoms with Crippen molar-refractivity contribution in [2.24, 2.45) is 0 Å². The Morgan fingerprint density at radius 2 is 0.557 bits per heavy atom. The van der Waals surface area contributed by atoms with Crippen LogP contribution in [0.15, 0.2) is 286 Å². The summed E-state index contributed by atoms with van der Waals surface area (Å²) in [5.74, 6) is 1.35. The zero-order valence-electron chi connectivity index (χ0n) is 46.9. The first-order valence-corrected chi connectivity index (χ1v) is 29.8. The number of hydrogen-bond acceptors (Lipinski definition) is 5. The number of fused-ring (bicyclic) bond motifs is 19. The zero-order chi connectivity index (χ0) is 57.3. The molecule has 0 aliphatic heterocycles. The third-order valence-electron chi connectivity index (χ3n) is 18.5. The number of rotatable bonds is 6. The van der Waals surface area contributed by atoms with Crippen molar-refractivity contribution in [3.05, 3.63) is 273 Å². The molecule has 7 heterocycles. The Labute approximate surface area is 500 Å². The van der Waals surface area contributed by atoms with Crippen molar-refractivity contribution < 1.29 is 13.3 Å². The van der Waals surface area contributed by atoms with Crippen LogP contribution in [0.5, 0.6) is 0 Å². The fourth-order valence-electron chi connectivity index (χ4n) is 14.4. The van der Waals surface area contributed by atoms with Gasteiger partial charge in [-0.2, -0.15) is 4.98 Å². The molecule has 408 valence electrons. The Kier molecular flexibility index (Phi) is 9.57. The first-order chi connectivity index (χ1) is 43.6. The smallest absolute Gasteiger partial charge is 0.237 e. The van der Waals surface area contributed by atoms with Crippen LogP contribution in [-0.2, 0) is 0 Å². The molecule has 0 radical (unpaired) electrons. The maximum Gasteiger partial charge on any atom is 0.237 e. The maximum atomic E-state index is 6.42. The molecule has 8 nitrogen and oxygen atoms in total. The monoisotopic (exact) mass is 1120 g/mol. The van der Waals surface area contributed by atoms with Gasteiger partial charge in [-0.25, -0.2) is 4.98 Å². The number of para-hydroxylation sites is 6. The lowest BCUT2D eigenvalue weighted by Gasteiger charge is -2.16. The molecule has 0 atom stereocenters. The van der Waals surface area contributed by atoms with Gasteiger partial charge in [-0.1, -0.05) is 146 Å². The first-order valence-electron chi connectivity index (χ1n) is 29.8. The second-order valence-corrected chi connectivity index (χ2v) is 23.2. The van der Waals surface area contributed by atoms with E-state index >= 15 is 0 Å². The fraction of sp³-hybridized carbons (Fsp3) is 0. The fourth-order valence-corrected chi connectivity index (χ4v) is 14.4. The Balaban J connectivity index is 0.799. The molecule has 0 unspecified atom stereocenters. The normalized spacial score (nSPS) is 12.3. The van der Waals surface area contributed by atoms with Crippen molar-refractivity contribution in [3.8, 4) is 50.8 Å². The molecule has 88 heavy (non-hydrogen) atoms. The van der Waals surface area contributed by atoms with Crippen LogP contribution in [0.1, 0.15) is 0 Å². The highest BCUT2D eigenvalue weighted by Crippen LogP contribution is 2.43. The van der Waals surface area contributed by atoms with E-state index in [0.29, 0.717) is 5.95 Å². The lowest BCUT2D eigenvalue weighted by Crippen LogP contribution is -2.08. The molecule has 0 spiro atoms. The highest BCUT2D eigenvalue weighted by atomic mass is 16.3. The topological polar surface area (TPSA) is 80.0 Å². The van der Waals surface area contributed by atoms with Crippen LogP contribution >= 0.6 is 0 Å². The van der Waals surface area contributed by atoms with Crippen LogP contribution in [0, 0.1) is 0 Å². The predicted octanol–water partition coefficient (Wildman–Crippen LogP) is 21.6. The van der Waals surface area contributed by atoms with Gasteiger partial charge in [0.1, 0.15) is 33.5 Å². The summed E-state index contributed by atoms with van der Waals surface area (Å²) in [6.45, 7) is 0. The van der Waals surface area contributed by atoms with Gasteiger partial charge in [0.2, 0.25) is 5.95 Å². The third kappa shape index (κ3) is 6.79. The first kappa shape index (κ1) is 47.4. The lowest BCUT2D eigenvalue weighted by molar-refractivity contribution is 0.668. The van der Waals surface area contributed by atoms with Gasteiger partial charge in [-0.05, 0) is 161 Å². The SMILES string of the molecule is c1ccc2c(c1)oc1cc(-c3ccc4c(c3)c3ccccc3n4-c3ccc4nc(-n5c6ccccc6c6cc(-c7ccc8c(c7)oc7ccccc78)ccc65)nc(-n5c6ccccc6c6cc(-c7ccc8c(c7)oc7ccccc78)ccc65)c4c3)ccc12. The number of nitrogens with zero attached hydrogens (tertiary/aromatic N) is 5. The number of benzene rings is 13. The van der Waals surface area contributed by atoms with E-state index in [0.717, 1.165) is 182 Å². The second kappa shape index (κ2) is 17.8. The maximum absolute atomic E-state index is 6.42. The summed E-state index contributed by atoms with van der Waals surface area (Å²) in [6.07, 6.45) is 0. The van der Waals surface area contributed by atoms with E-state index in [1.54, 1.807) is 0 Å². The van der Waals surface area contributed by atoms with Crippen LogP contribution in [0.2, 0.25) is 0 Å². The minimum Gasteiger partial charge on any atom is -0.456 e. The molecule has 8 heteroatoms. The van der Waals surface area contributed by atoms with Crippen LogP contribution in [0.4, 0.5) is 0 Å². The van der Waals surface area contributed by atoms with Gasteiger partial charge >= 0.3 is 0 Å². The number of aromatic nitrogens is 5. The quantitative estimate of drug-likeness (QED) is 0.166. The predicted molar refractivity (Wildman–Crippen MR) is 361 cm³/mol. The van der Waals surface area contributed by atoms with Gasteiger partial charge < -0.3 is 17.8 Å². The summed E-state index contributed by atoms with van der Waals surface area (Å²) in [5.41, 5.74) is 20.0. The average molecular weight is 1120 g/mol. The van der Waals surface area contributed by atoms with E-state index in [2.05, 4.69) is 250 Å². The van der Waals surface area contributed by atoms with Crippen LogP contribution in [-0.4, -0.2) is 23.7 Å². The summed E-state index contributed by atoms with van der Waals surface area (Å²) in [7, 11) is 0. The molecule has 0 fully saturated rings. The summed E-state index contributed by atoms with van der Waals surface area (Å²) < 4.78 is 26.2. The lowest BCUT2D eigenvalue weighted by atomic mass is 10.0. The minimum atomic E-state index is 0.574. The molecule has 0 N–H and O–H groups in total. The highest BCUT2D eigenvalue weighted by Gasteiger charge is 2.24. The van der Waals surface area contributed by atoms with Crippen molar-refractivity contribution in [2.45, 2.75) is 0 Å². The summed E-state index contributed by atoms with van der Waals surface area (Å²) >= 11 is 0. The molecule has 0 aliphatic rings. The van der Waals surface area contributed by atoms with Gasteiger partial charge in [-0.15, -0.1) is 0 Å². The summed E-state index contributed by atoms with van der Waals surface area (Å²) in [4.78, 5) is 11.5. The van der Waals surface area contributed by atoms with E-state index in [9.17, 15) is 0 Å². The summed E-state index contributed by atoms with van der Waals surface area (Å²) in [6, 6.07) is 97.5. The molecule has 0 saturated heterocycles. The molecule has 0 bridgehead atoms. The highest BCUT2D eigenvalue weighted by molar-refractivity contribution is 6.15. The Morgan fingerprint density at radius 3 is 1.02 bits per heavy atom. The summed E-state index contributed by atoms with van der Waals surface area (Å²) in [5, 5.41) is 14.4. The van der Waals surface area contributed by atoms with Crippen molar-refractivity contribution in [1.29, 1.82) is 0 Å². The van der Waals surface area contributed by atoms with E-state index in [1.807, 2.05) is 36.4 Å². The number of hydrogen-bond donors (Lipinski definition) is 0. The van der Waals surface area contributed by atoms with Crippen molar-refractivity contribution >= 4 is 142 Å². The van der Waals surface area contributed by atoms with E-state index < -0.39 is 0 Å². The number of furan rings is 3. The van der Waals surface area contributed by atoms with Gasteiger partial charge in [0.25, 0.3) is 0 Å². The van der Waals surface area contributed by atoms with Crippen LogP contribution < -0.4 is 0 Å². The molecule has 20 aromatic rings. The largest absolute Gasteiger partial charge is 0.456 e. The van der Waals surface area contributed by atoms with Gasteiger partial charge in [0.05, 0.1) is 38.6 Å². The van der Waals surface area contributed by atoms with Crippen molar-refractivity contribution in [3.63, 3.8) is 0 Å². The minimum absolute atomic E-state index is 0.574. The van der Waals surface area contributed by atoms with Gasteiger partial charge in [-0.3, -0.25) is 9.13 Å². The van der Waals surface area contributed by atoms with Crippen molar-refractivity contribution in [2.75, 3.05) is 0 Å². The standard InChI is InChI=1S/C80H45N5O3/c1-7-19-67-53(13-1)62-39-46(49-25-32-59-56-16-4-10-22-73(56)86-76(59)42-49)28-36-70(62)83(67)52-31-35-66-65(45-52)79(84-68-20-8-2-14-54(68)63-40-47(29-37-71(63)84)50-26-33-60-57-17-5-11-23-74(57)87-77(60)43-50)82-80(81-66)85-69-21-9-3-15-55(69)64-41-48(30-38-72(64)85)51-27-34-61-58-18-6-12-24-75(58)88-78(61)44-51/h1-45H. The van der Waals surface area contributed by atoms with E-state index in [1.165, 1.54) is 5.39 Å². The van der Waals surface area contributed by atoms with Gasteiger partial charge in [0, 0.05) is 75.7 Å². The van der Waals surface area contributed by atoms with Crippen LogP contribution in [0.25, 0.3) is 193 Å². The molecule has 0 amide bonds.